The number of ether oxygens (including phenoxy) is 3. The zero-order chi connectivity index (χ0) is 63.8. The summed E-state index contributed by atoms with van der Waals surface area (Å²) in [7, 11) is -9.33. The summed E-state index contributed by atoms with van der Waals surface area (Å²) in [5.41, 5.74) is -0.531. The van der Waals surface area contributed by atoms with Gasteiger partial charge < -0.3 is 76.1 Å². The Hall–Kier alpha value is -8.19. The largest absolute Gasteiger partial charge is 0.457 e. The SMILES string of the molecule is CC(C)(C)OC(=O)N1CC(NC(=O)c2ccc3c(c2)NC(=O)c2cccn2S3(=O)=O)C1.COC(=O)Cl.COC(=O)N1CC(NC(=O)c2ccc3c(c2)NC(=O)c2cccn2S3(=O)=O)C1.O=C(NC1CNC1)c1ccc2c(c1)NC(=O)c1cccn1S2(=O)=O.[CH3-].[CH3-].[W].[W]. The number of nitrogens with zero attached hydrogens (tertiary/aromatic N) is 5. The number of rotatable bonds is 6. The maximum absolute atomic E-state index is 12.9. The Balaban J connectivity index is 0.000000238. The van der Waals surface area contributed by atoms with Crippen LogP contribution in [0.25, 0.3) is 0 Å². The first kappa shape index (κ1) is 74.5. The van der Waals surface area contributed by atoms with E-state index in [1.165, 1.54) is 134 Å². The van der Waals surface area contributed by atoms with Gasteiger partial charge in [-0.3, -0.25) is 28.8 Å². The summed E-state index contributed by atoms with van der Waals surface area (Å²) >= 11 is 4.60. The van der Waals surface area contributed by atoms with Gasteiger partial charge in [-0.1, -0.05) is 0 Å². The molecule has 0 atom stereocenters. The predicted molar refractivity (Wildman–Crippen MR) is 324 cm³/mol. The van der Waals surface area contributed by atoms with Crippen molar-refractivity contribution in [2.75, 3.05) is 69.4 Å². The van der Waals surface area contributed by atoms with Gasteiger partial charge in [-0.05, 0) is 112 Å². The summed E-state index contributed by atoms with van der Waals surface area (Å²) in [4.78, 5) is 110. The summed E-state index contributed by atoms with van der Waals surface area (Å²) < 4.78 is 93.2. The van der Waals surface area contributed by atoms with E-state index in [1.54, 1.807) is 20.8 Å². The van der Waals surface area contributed by atoms with E-state index >= 15 is 0 Å². The Bertz CT molecular complexity index is 4230. The van der Waals surface area contributed by atoms with Crippen molar-refractivity contribution < 1.29 is 125 Å². The van der Waals surface area contributed by atoms with E-state index in [0.29, 0.717) is 44.8 Å². The summed E-state index contributed by atoms with van der Waals surface area (Å²) in [6.07, 6.45) is 3.01. The maximum Gasteiger partial charge on any atom is 0.410 e. The van der Waals surface area contributed by atoms with Crippen LogP contribution in [0.4, 0.5) is 31.4 Å². The fourth-order valence-corrected chi connectivity index (χ4v) is 13.6. The standard InChI is InChI=1S/C20H22N4O6S.C17H16N4O6S.C15H14N4O4S.C2H3ClO2.2CH3.2W/c1-20(2,3)30-19(27)23-10-13(11-23)21-17(25)12-6-7-16-14(9-12)22-18(26)15-5-4-8-24(15)31(16,28)29;1-27-17(24)20-8-11(9-20)18-15(22)10-4-5-14-12(7-10)19-16(23)13-3-2-6-21(13)28(14,25)26;20-14(17-10-7-16-8-10)9-3-4-13-11(6-9)18-15(21)12-2-1-5-19(12)24(13,22)23;1-5-2(3)4;;;;/h4-9,13H,10-11H2,1-3H3,(H,21,25)(H,22,26);2-7,11H,8-9H2,1H3,(H,18,22)(H,19,23);1-6,10,16H,7-8H2,(H,17,20)(H,18,21);1H3;2*1H3;;/q;;;;2*-1;;. The molecule has 0 radical (unpaired) electrons. The molecule has 6 aliphatic rings. The van der Waals surface area contributed by atoms with E-state index < -0.39 is 82.8 Å². The summed E-state index contributed by atoms with van der Waals surface area (Å²) in [6, 6.07) is 20.4. The van der Waals surface area contributed by atoms with Crippen molar-refractivity contribution in [1.29, 1.82) is 0 Å². The number of hydrogen-bond acceptors (Lipinski definition) is 19. The van der Waals surface area contributed by atoms with Crippen molar-refractivity contribution in [3.8, 4) is 0 Å². The van der Waals surface area contributed by atoms with Crippen molar-refractivity contribution in [1.82, 2.24) is 43.0 Å². The number of hydrogen-bond donors (Lipinski definition) is 7. The molecule has 3 saturated heterocycles. The van der Waals surface area contributed by atoms with Gasteiger partial charge in [-0.15, -0.1) is 0 Å². The van der Waals surface area contributed by atoms with Gasteiger partial charge >= 0.3 is 17.6 Å². The second kappa shape index (κ2) is 29.6. The molecule has 12 rings (SSSR count). The van der Waals surface area contributed by atoms with Crippen molar-refractivity contribution in [3.05, 3.63) is 158 Å². The van der Waals surface area contributed by atoms with Crippen LogP contribution in [0.2, 0.25) is 0 Å². The van der Waals surface area contributed by atoms with Gasteiger partial charge in [-0.2, -0.15) is 0 Å². The number of likely N-dealkylation sites (tertiary alicyclic amines) is 2. The van der Waals surface area contributed by atoms with Crippen LogP contribution >= 0.6 is 11.6 Å². The van der Waals surface area contributed by atoms with Crippen molar-refractivity contribution in [2.24, 2.45) is 0 Å². The van der Waals surface area contributed by atoms with Crippen LogP contribution in [0, 0.1) is 14.9 Å². The molecule has 3 fully saturated rings. The summed E-state index contributed by atoms with van der Waals surface area (Å²) in [5.74, 6) is -2.89. The van der Waals surface area contributed by atoms with Crippen LogP contribution in [0.15, 0.2) is 124 Å². The fraction of sp³-hybridized carbons (Fsp3) is 0.268. The van der Waals surface area contributed by atoms with Gasteiger partial charge in [0.15, 0.2) is 0 Å². The third kappa shape index (κ3) is 15.8. The Labute approximate surface area is 562 Å². The van der Waals surface area contributed by atoms with Crippen molar-refractivity contribution in [3.63, 3.8) is 0 Å². The van der Waals surface area contributed by atoms with Crippen LogP contribution in [0.5, 0.6) is 0 Å². The van der Waals surface area contributed by atoms with E-state index in [2.05, 4.69) is 58.3 Å². The average Bonchev–Trinajstić information content (AvgIpc) is 1.60. The minimum Gasteiger partial charge on any atom is -0.457 e. The molecular formula is C56H61ClN12O18S3W2-2. The molecule has 492 valence electrons. The van der Waals surface area contributed by atoms with Gasteiger partial charge in [0.25, 0.3) is 65.5 Å². The molecule has 0 saturated carbocycles. The normalized spacial score (nSPS) is 16.4. The third-order valence-electron chi connectivity index (χ3n) is 13.7. The molecule has 9 heterocycles. The first-order valence-corrected chi connectivity index (χ1v) is 31.0. The van der Waals surface area contributed by atoms with Crippen LogP contribution in [-0.4, -0.2) is 177 Å². The number of halogens is 1. The summed E-state index contributed by atoms with van der Waals surface area (Å²) in [5, 5.41) is 19.1. The molecule has 0 unspecified atom stereocenters. The topological polar surface area (TPSA) is 389 Å². The Morgan fingerprint density at radius 3 is 1.08 bits per heavy atom. The second-order valence-electron chi connectivity index (χ2n) is 20.9. The second-order valence-corrected chi connectivity index (χ2v) is 26.6. The zero-order valence-corrected chi connectivity index (χ0v) is 58.9. The number of amides is 8. The van der Waals surface area contributed by atoms with Gasteiger partial charge in [0.2, 0.25) is 0 Å². The number of aromatic nitrogens is 3. The summed E-state index contributed by atoms with van der Waals surface area (Å²) in [6.45, 7) is 8.01. The van der Waals surface area contributed by atoms with E-state index in [0.717, 1.165) is 11.9 Å². The minimum absolute atomic E-state index is 0. The monoisotopic (exact) mass is 1690 g/mol. The fourth-order valence-electron chi connectivity index (χ4n) is 9.20. The number of anilines is 3. The van der Waals surface area contributed by atoms with E-state index in [9.17, 15) is 68.4 Å². The van der Waals surface area contributed by atoms with E-state index in [-0.39, 0.29) is 141 Å². The molecule has 6 aliphatic heterocycles. The number of benzene rings is 3. The zero-order valence-electron chi connectivity index (χ0n) is 49.9. The van der Waals surface area contributed by atoms with Gasteiger partial charge in [0.05, 0.1) is 49.4 Å². The van der Waals surface area contributed by atoms with Crippen molar-refractivity contribution in [2.45, 2.75) is 59.2 Å². The van der Waals surface area contributed by atoms with Crippen LogP contribution < -0.4 is 37.2 Å². The molecule has 92 heavy (non-hydrogen) atoms. The van der Waals surface area contributed by atoms with E-state index in [1.807, 2.05) is 0 Å². The molecule has 6 aromatic rings. The molecule has 3 aromatic carbocycles. The molecule has 0 aliphatic carbocycles. The maximum atomic E-state index is 12.9. The number of carbonyl (C=O) groups is 9. The number of nitrogens with one attached hydrogen (secondary N) is 7. The van der Waals surface area contributed by atoms with Crippen molar-refractivity contribution >= 4 is 112 Å². The molecule has 8 amide bonds. The van der Waals surface area contributed by atoms with E-state index in [4.69, 9.17) is 4.74 Å². The molecule has 30 nitrogen and oxygen atoms in total. The molecule has 0 bridgehead atoms. The predicted octanol–water partition coefficient (Wildman–Crippen LogP) is 3.99. The molecular weight excluding hydrogens is 1630 g/mol. The molecule has 7 N–H and O–H groups in total. The molecule has 3 aromatic heterocycles. The Kier molecular flexibility index (Phi) is 24.0. The van der Waals surface area contributed by atoms with Crippen LogP contribution in [-0.2, 0) is 86.4 Å². The third-order valence-corrected chi connectivity index (χ3v) is 19.1. The first-order valence-electron chi connectivity index (χ1n) is 26.3. The quantitative estimate of drug-likeness (QED) is 0.0704. The molecule has 36 heteroatoms. The number of methoxy groups -OCH3 is 2. The van der Waals surface area contributed by atoms with Crippen LogP contribution in [0.1, 0.15) is 83.3 Å². The number of carbonyl (C=O) groups excluding carboxylic acids is 9. The van der Waals surface area contributed by atoms with Gasteiger partial charge in [-0.25, -0.2) is 51.6 Å². The molecule has 0 spiro atoms. The van der Waals surface area contributed by atoms with Crippen LogP contribution in [0.3, 0.4) is 0 Å². The minimum atomic E-state index is -3.97. The Morgan fingerprint density at radius 2 is 0.804 bits per heavy atom. The average molecular weight is 1690 g/mol. The van der Waals surface area contributed by atoms with Gasteiger partial charge in [0, 0.05) is 128 Å². The Morgan fingerprint density at radius 1 is 0.500 bits per heavy atom. The number of fused-ring (bicyclic) bond motifs is 6. The smallest absolute Gasteiger partial charge is 0.410 e. The van der Waals surface area contributed by atoms with Gasteiger partial charge in [0.1, 0.15) is 37.4 Å². The first-order chi connectivity index (χ1) is 41.5.